The van der Waals surface area contributed by atoms with Gasteiger partial charge in [0, 0.05) is 75.9 Å². The zero-order chi connectivity index (χ0) is 50.2. The lowest BCUT2D eigenvalue weighted by atomic mass is 10.1. The number of fused-ring (bicyclic) bond motifs is 2. The molecule has 8 aromatic rings. The summed E-state index contributed by atoms with van der Waals surface area (Å²) in [5.41, 5.74) is 2.51. The van der Waals surface area contributed by atoms with E-state index < -0.39 is 23.4 Å². The molecule has 2 aliphatic heterocycles. The number of methoxy groups -OCH3 is 2. The summed E-state index contributed by atoms with van der Waals surface area (Å²) in [6.07, 6.45) is 8.69. The van der Waals surface area contributed by atoms with Gasteiger partial charge in [-0.1, -0.05) is 36.4 Å². The molecule has 2 aromatic carbocycles. The van der Waals surface area contributed by atoms with Crippen molar-refractivity contribution >= 4 is 57.1 Å². The molecule has 0 saturated carbocycles. The molecule has 0 radical (unpaired) electrons. The van der Waals surface area contributed by atoms with Gasteiger partial charge in [-0.15, -0.1) is 0 Å². The highest BCUT2D eigenvalue weighted by molar-refractivity contribution is 6.45. The molecule has 23 heteroatoms. The Labute approximate surface area is 404 Å². The number of amides is 3. The molecular weight excluding hydrogens is 917 g/mol. The number of pyridine rings is 2. The number of H-pyrrole nitrogens is 2. The molecule has 2 aliphatic rings. The number of piperazine rings is 2. The van der Waals surface area contributed by atoms with Crippen molar-refractivity contribution in [1.29, 1.82) is 0 Å². The number of rotatable bonds is 10. The Morgan fingerprint density at radius 3 is 1.39 bits per heavy atom. The lowest BCUT2D eigenvalue weighted by Crippen LogP contribution is -2.52. The summed E-state index contributed by atoms with van der Waals surface area (Å²) in [4.78, 5) is 101. The maximum Gasteiger partial charge on any atom is 0.377 e. The number of carbonyl (C=O) groups excluding carboxylic acids is 5. The predicted octanol–water partition coefficient (Wildman–Crippen LogP) is 3.09. The first-order valence-electron chi connectivity index (χ1n) is 22.2. The molecule has 23 nitrogen and oxygen atoms in total. The molecule has 3 amide bonds. The van der Waals surface area contributed by atoms with E-state index in [0.717, 1.165) is 31.7 Å². The molecular formula is C48H48N14O9. The normalized spacial score (nSPS) is 13.4. The first-order chi connectivity index (χ1) is 34.4. The third-order valence-corrected chi connectivity index (χ3v) is 11.6. The van der Waals surface area contributed by atoms with E-state index in [-0.39, 0.29) is 36.0 Å². The van der Waals surface area contributed by atoms with Gasteiger partial charge in [0.15, 0.2) is 11.6 Å². The Morgan fingerprint density at radius 1 is 0.563 bits per heavy atom. The molecule has 2 fully saturated rings. The Balaban J connectivity index is 0.000000159. The van der Waals surface area contributed by atoms with Crippen molar-refractivity contribution in [1.82, 2.24) is 69.5 Å². The summed E-state index contributed by atoms with van der Waals surface area (Å²) in [5, 5.41) is 21.4. The highest BCUT2D eigenvalue weighted by Gasteiger charge is 2.32. The minimum atomic E-state index is -1.54. The molecule has 0 unspecified atom stereocenters. The fraction of sp³-hybridized carbons (Fsp3) is 0.250. The van der Waals surface area contributed by atoms with E-state index in [9.17, 15) is 28.8 Å². The number of aromatic nitrogens is 10. The van der Waals surface area contributed by atoms with Crippen LogP contribution in [0.25, 0.3) is 33.4 Å². The van der Waals surface area contributed by atoms with Crippen molar-refractivity contribution in [3.05, 3.63) is 132 Å². The Morgan fingerprint density at radius 2 is 0.986 bits per heavy atom. The molecule has 0 spiro atoms. The van der Waals surface area contributed by atoms with Crippen molar-refractivity contribution in [3.8, 4) is 23.1 Å². The zero-order valence-electron chi connectivity index (χ0n) is 39.0. The molecule has 6 aromatic heterocycles. The summed E-state index contributed by atoms with van der Waals surface area (Å²) >= 11 is 0. The number of ether oxygens (including phenoxy) is 2. The van der Waals surface area contributed by atoms with Crippen molar-refractivity contribution in [2.24, 2.45) is 0 Å². The van der Waals surface area contributed by atoms with E-state index in [1.54, 1.807) is 30.9 Å². The fourth-order valence-corrected chi connectivity index (χ4v) is 8.00. The number of Topliss-reactive ketones (excluding diaryl/α,β-unsaturated/α-hetero) is 2. The molecule has 0 atom stereocenters. The van der Waals surface area contributed by atoms with Gasteiger partial charge < -0.3 is 44.6 Å². The van der Waals surface area contributed by atoms with Crippen LogP contribution < -0.4 is 14.8 Å². The van der Waals surface area contributed by atoms with Gasteiger partial charge >= 0.3 is 5.97 Å². The molecule has 2 saturated heterocycles. The van der Waals surface area contributed by atoms with Crippen molar-refractivity contribution < 1.29 is 43.3 Å². The summed E-state index contributed by atoms with van der Waals surface area (Å²) in [6, 6.07) is 18.5. The number of nitrogens with one attached hydrogen (secondary N) is 3. The summed E-state index contributed by atoms with van der Waals surface area (Å²) in [5.74, 6) is -1.22. The van der Waals surface area contributed by atoms with Crippen LogP contribution in [0.15, 0.2) is 98.1 Å². The largest absolute Gasteiger partial charge is 0.494 e. The molecule has 8 heterocycles. The highest BCUT2D eigenvalue weighted by atomic mass is 16.5. The number of carboxylic acid groups (broad SMARTS) is 1. The van der Waals surface area contributed by atoms with Gasteiger partial charge in [-0.2, -0.15) is 10.2 Å². The van der Waals surface area contributed by atoms with Gasteiger partial charge in [-0.25, -0.2) is 34.1 Å². The van der Waals surface area contributed by atoms with E-state index >= 15 is 0 Å². The summed E-state index contributed by atoms with van der Waals surface area (Å²) < 4.78 is 13.5. The molecule has 0 aliphatic carbocycles. The number of aromatic amines is 2. The molecule has 71 heavy (non-hydrogen) atoms. The first kappa shape index (κ1) is 48.3. The van der Waals surface area contributed by atoms with Gasteiger partial charge in [0.1, 0.15) is 35.8 Å². The number of nitrogens with zero attached hydrogens (tertiary/aromatic N) is 11. The van der Waals surface area contributed by atoms with Crippen LogP contribution in [0.4, 0.5) is 0 Å². The van der Waals surface area contributed by atoms with Gasteiger partial charge in [-0.05, 0) is 38.1 Å². The standard InChI is InChI=1S/C24H23N7O4.C13H11N5O4.C11H14N2O/c1-15-27-14-31(28-15)22-20-19(18(35-2)13-26-22)17(12-25-20)21(32)24(34)30-10-8-29(9-11-30)23(33)16-6-4-3-5-7-16;1-6-16-5-18(17-6)12-10-9(8(22-2)4-15-12)7(3-14-10)11(19)13(20)21;14-11(10-4-2-1-3-5-10)13-8-6-12-7-9-13/h3-7,12-14,25H,8-11H2,1-2H3;3-5,14H,1-2H3,(H,20,21);1-5,12H,6-9H2. The number of carbonyl (C=O) groups is 6. The average molecular weight is 965 g/mol. The van der Waals surface area contributed by atoms with E-state index in [0.29, 0.717) is 75.2 Å². The average Bonchev–Trinajstić information content (AvgIpc) is 4.26. The lowest BCUT2D eigenvalue weighted by molar-refractivity contribution is -0.131. The third kappa shape index (κ3) is 10.3. The second kappa shape index (κ2) is 21.5. The van der Waals surface area contributed by atoms with Crippen LogP contribution in [0.3, 0.4) is 0 Å². The Bertz CT molecular complexity index is 3240. The highest BCUT2D eigenvalue weighted by Crippen LogP contribution is 2.33. The Hall–Kier alpha value is -9.12. The van der Waals surface area contributed by atoms with Crippen LogP contribution in [0.5, 0.6) is 11.5 Å². The molecule has 10 rings (SSSR count). The second-order valence-electron chi connectivity index (χ2n) is 16.0. The number of benzene rings is 2. The minimum Gasteiger partial charge on any atom is -0.494 e. The van der Waals surface area contributed by atoms with E-state index in [1.165, 1.54) is 65.9 Å². The van der Waals surface area contributed by atoms with E-state index in [2.05, 4.69) is 45.4 Å². The van der Waals surface area contributed by atoms with Crippen molar-refractivity contribution in [2.75, 3.05) is 66.6 Å². The van der Waals surface area contributed by atoms with Gasteiger partial charge in [0.05, 0.1) is 59.5 Å². The van der Waals surface area contributed by atoms with Crippen LogP contribution in [-0.4, -0.2) is 171 Å². The number of hydrogen-bond acceptors (Lipinski definition) is 15. The number of carboxylic acids is 1. The maximum atomic E-state index is 13.3. The summed E-state index contributed by atoms with van der Waals surface area (Å²) in [7, 11) is 2.89. The SMILES string of the molecule is COc1cnc(-n2cnc(C)n2)c2[nH]cc(C(=O)C(=O)N3CCN(C(=O)c4ccccc4)CC3)c12.COc1cnc(-n2cnc(C)n2)c2[nH]cc(C(=O)C(=O)O)c12.O=C(c1ccccc1)N1CCNCC1. The first-order valence-corrected chi connectivity index (χ1v) is 22.2. The molecule has 4 N–H and O–H groups in total. The zero-order valence-corrected chi connectivity index (χ0v) is 39.0. The van der Waals surface area contributed by atoms with Crippen molar-refractivity contribution in [2.45, 2.75) is 13.8 Å². The third-order valence-electron chi connectivity index (χ3n) is 11.6. The molecule has 0 bridgehead atoms. The molecule has 364 valence electrons. The minimum absolute atomic E-state index is 0.000151. The summed E-state index contributed by atoms with van der Waals surface area (Å²) in [6.45, 7) is 8.16. The van der Waals surface area contributed by atoms with E-state index in [4.69, 9.17) is 14.6 Å². The number of aliphatic carboxylic acids is 1. The van der Waals surface area contributed by atoms with Crippen LogP contribution in [-0.2, 0) is 9.59 Å². The Kier molecular flexibility index (Phi) is 14.6. The van der Waals surface area contributed by atoms with Crippen LogP contribution in [0, 0.1) is 13.8 Å². The second-order valence-corrected chi connectivity index (χ2v) is 16.0. The monoisotopic (exact) mass is 964 g/mol. The van der Waals surface area contributed by atoms with Gasteiger partial charge in [0.25, 0.3) is 29.3 Å². The lowest BCUT2D eigenvalue weighted by Gasteiger charge is -2.34. The van der Waals surface area contributed by atoms with Gasteiger partial charge in [-0.3, -0.25) is 24.0 Å². The van der Waals surface area contributed by atoms with Crippen LogP contribution in [0.2, 0.25) is 0 Å². The predicted molar refractivity (Wildman–Crippen MR) is 255 cm³/mol. The van der Waals surface area contributed by atoms with Crippen LogP contribution >= 0.6 is 0 Å². The van der Waals surface area contributed by atoms with Crippen LogP contribution in [0.1, 0.15) is 53.1 Å². The maximum absolute atomic E-state index is 13.3. The number of aryl methyl sites for hydroxylation is 2. The van der Waals surface area contributed by atoms with E-state index in [1.807, 2.05) is 53.4 Å². The number of hydrogen-bond donors (Lipinski definition) is 4. The number of ketones is 2. The fourth-order valence-electron chi connectivity index (χ4n) is 8.00. The van der Waals surface area contributed by atoms with Crippen molar-refractivity contribution in [3.63, 3.8) is 0 Å². The van der Waals surface area contributed by atoms with Gasteiger partial charge in [0.2, 0.25) is 0 Å². The smallest absolute Gasteiger partial charge is 0.377 e. The topological polar surface area (TPSA) is 282 Å². The quantitative estimate of drug-likeness (QED) is 0.113.